The van der Waals surface area contributed by atoms with Gasteiger partial charge in [-0.1, -0.05) is 11.6 Å². The second kappa shape index (κ2) is 7.80. The molecule has 7 heteroatoms. The molecule has 2 unspecified atom stereocenters. The summed E-state index contributed by atoms with van der Waals surface area (Å²) in [5, 5.41) is 0. The van der Waals surface area contributed by atoms with Gasteiger partial charge in [0.25, 0.3) is 0 Å². The Kier molecular flexibility index (Phi) is 5.67. The van der Waals surface area contributed by atoms with Crippen LogP contribution in [0.3, 0.4) is 0 Å². The van der Waals surface area contributed by atoms with Gasteiger partial charge < -0.3 is 10.6 Å². The van der Waals surface area contributed by atoms with E-state index in [0.29, 0.717) is 18.9 Å². The number of carbonyl (C=O) groups excluding carboxylic acids is 1. The number of allylic oxidation sites excluding steroid dienone is 1. The van der Waals surface area contributed by atoms with Crippen LogP contribution in [0.4, 0.5) is 13.2 Å². The summed E-state index contributed by atoms with van der Waals surface area (Å²) in [7, 11) is 0. The molecule has 0 aromatic heterocycles. The highest BCUT2D eigenvalue weighted by atomic mass is 19.2. The van der Waals surface area contributed by atoms with E-state index in [4.69, 9.17) is 5.73 Å². The van der Waals surface area contributed by atoms with Gasteiger partial charge in [0.1, 0.15) is 5.82 Å². The van der Waals surface area contributed by atoms with Crippen LogP contribution in [-0.4, -0.2) is 54.5 Å². The first-order chi connectivity index (χ1) is 12.3. The van der Waals surface area contributed by atoms with Crippen LogP contribution in [0.2, 0.25) is 0 Å². The third kappa shape index (κ3) is 4.10. The second-order valence-electron chi connectivity index (χ2n) is 7.14. The number of halogens is 3. The molecule has 0 saturated carbocycles. The predicted molar refractivity (Wildman–Crippen MR) is 93.0 cm³/mol. The van der Waals surface area contributed by atoms with Gasteiger partial charge in [-0.05, 0) is 24.5 Å². The molecule has 1 aromatic rings. The molecule has 26 heavy (non-hydrogen) atoms. The predicted octanol–water partition coefficient (Wildman–Crippen LogP) is 2.40. The van der Waals surface area contributed by atoms with E-state index in [1.54, 1.807) is 6.92 Å². The fourth-order valence-corrected chi connectivity index (χ4v) is 3.81. The fraction of sp³-hybridized carbons (Fsp3) is 0.526. The van der Waals surface area contributed by atoms with Crippen molar-refractivity contribution < 1.29 is 18.0 Å². The molecular formula is C19H24F3N3O. The minimum atomic E-state index is -1.18. The van der Waals surface area contributed by atoms with Crippen LogP contribution in [0, 0.1) is 17.5 Å². The molecule has 1 aliphatic heterocycles. The third-order valence-corrected chi connectivity index (χ3v) is 5.36. The molecule has 1 aliphatic carbocycles. The maximum atomic E-state index is 14.0. The molecule has 1 saturated heterocycles. The van der Waals surface area contributed by atoms with E-state index in [9.17, 15) is 18.0 Å². The van der Waals surface area contributed by atoms with Crippen LogP contribution in [0.1, 0.15) is 31.2 Å². The Hall–Kier alpha value is -1.86. The van der Waals surface area contributed by atoms with Crippen LogP contribution in [0.5, 0.6) is 0 Å². The van der Waals surface area contributed by atoms with Gasteiger partial charge in [-0.15, -0.1) is 0 Å². The standard InChI is InChI=1S/C19H24F3N3O/c1-12(26)25-6-4-24(5-7-25)11-13-2-3-14(19(23)8-13)15-9-17(21)18(22)10-16(15)20/h2,9-10,14,19H,3-8,11,23H2,1H3. The fourth-order valence-electron chi connectivity index (χ4n) is 3.81. The summed E-state index contributed by atoms with van der Waals surface area (Å²) in [6.07, 6.45) is 3.13. The number of piperazine rings is 1. The van der Waals surface area contributed by atoms with Crippen LogP contribution in [0.15, 0.2) is 23.8 Å². The van der Waals surface area contributed by atoms with Crippen molar-refractivity contribution in [3.63, 3.8) is 0 Å². The van der Waals surface area contributed by atoms with E-state index in [-0.39, 0.29) is 23.4 Å². The average Bonchev–Trinajstić information content (AvgIpc) is 2.59. The zero-order chi connectivity index (χ0) is 18.8. The Bertz CT molecular complexity index is 714. The maximum Gasteiger partial charge on any atom is 0.219 e. The summed E-state index contributed by atoms with van der Waals surface area (Å²) < 4.78 is 40.7. The first kappa shape index (κ1) is 18.9. The molecule has 1 fully saturated rings. The number of benzene rings is 1. The second-order valence-corrected chi connectivity index (χ2v) is 7.14. The topological polar surface area (TPSA) is 49.6 Å². The van der Waals surface area contributed by atoms with Crippen molar-refractivity contribution in [3.05, 3.63) is 46.8 Å². The highest BCUT2D eigenvalue weighted by Gasteiger charge is 2.29. The lowest BCUT2D eigenvalue weighted by Crippen LogP contribution is -2.48. The molecule has 1 amide bonds. The summed E-state index contributed by atoms with van der Waals surface area (Å²) in [5.41, 5.74) is 7.54. The molecule has 2 atom stereocenters. The van der Waals surface area contributed by atoms with Crippen molar-refractivity contribution in [1.82, 2.24) is 9.80 Å². The first-order valence-corrected chi connectivity index (χ1v) is 8.91. The van der Waals surface area contributed by atoms with Crippen molar-refractivity contribution >= 4 is 5.91 Å². The largest absolute Gasteiger partial charge is 0.340 e. The molecule has 142 valence electrons. The minimum absolute atomic E-state index is 0.0972. The van der Waals surface area contributed by atoms with Crippen LogP contribution in [0.25, 0.3) is 0 Å². The van der Waals surface area contributed by atoms with Crippen molar-refractivity contribution in [2.45, 2.75) is 31.7 Å². The van der Waals surface area contributed by atoms with Crippen LogP contribution < -0.4 is 5.73 Å². The summed E-state index contributed by atoms with van der Waals surface area (Å²) in [6.45, 7) is 5.41. The number of hydrogen-bond acceptors (Lipinski definition) is 3. The van der Waals surface area contributed by atoms with Gasteiger partial charge in [-0.2, -0.15) is 0 Å². The van der Waals surface area contributed by atoms with E-state index < -0.39 is 17.5 Å². The zero-order valence-electron chi connectivity index (χ0n) is 14.9. The van der Waals surface area contributed by atoms with E-state index in [1.165, 1.54) is 5.57 Å². The molecule has 1 heterocycles. The molecule has 3 rings (SSSR count). The smallest absolute Gasteiger partial charge is 0.219 e. The van der Waals surface area contributed by atoms with Gasteiger partial charge in [0, 0.05) is 57.7 Å². The van der Waals surface area contributed by atoms with Crippen molar-refractivity contribution in [2.75, 3.05) is 32.7 Å². The summed E-state index contributed by atoms with van der Waals surface area (Å²) in [5.74, 6) is -3.24. The van der Waals surface area contributed by atoms with Gasteiger partial charge in [0.2, 0.25) is 5.91 Å². The zero-order valence-corrected chi connectivity index (χ0v) is 14.9. The minimum Gasteiger partial charge on any atom is -0.340 e. The number of hydrogen-bond donors (Lipinski definition) is 1. The molecule has 0 radical (unpaired) electrons. The number of carbonyl (C=O) groups is 1. The molecule has 1 aromatic carbocycles. The Morgan fingerprint density at radius 2 is 1.77 bits per heavy atom. The Balaban J connectivity index is 1.63. The molecule has 0 bridgehead atoms. The SMILES string of the molecule is CC(=O)N1CCN(CC2=CCC(c3cc(F)c(F)cc3F)C(N)C2)CC1. The lowest BCUT2D eigenvalue weighted by molar-refractivity contribution is -0.130. The Morgan fingerprint density at radius 1 is 1.12 bits per heavy atom. The maximum absolute atomic E-state index is 14.0. The average molecular weight is 367 g/mol. The van der Waals surface area contributed by atoms with Gasteiger partial charge >= 0.3 is 0 Å². The molecule has 2 aliphatic rings. The molecular weight excluding hydrogens is 343 g/mol. The quantitative estimate of drug-likeness (QED) is 0.659. The number of amides is 1. The van der Waals surface area contributed by atoms with Gasteiger partial charge in [-0.25, -0.2) is 13.2 Å². The van der Waals surface area contributed by atoms with Crippen LogP contribution >= 0.6 is 0 Å². The summed E-state index contributed by atoms with van der Waals surface area (Å²) >= 11 is 0. The normalized spacial score (nSPS) is 24.5. The highest BCUT2D eigenvalue weighted by Crippen LogP contribution is 2.34. The van der Waals surface area contributed by atoms with E-state index >= 15 is 0 Å². The van der Waals surface area contributed by atoms with Gasteiger partial charge in [0.05, 0.1) is 0 Å². The molecule has 0 spiro atoms. The molecule has 4 nitrogen and oxygen atoms in total. The van der Waals surface area contributed by atoms with E-state index in [2.05, 4.69) is 4.90 Å². The number of rotatable bonds is 3. The van der Waals surface area contributed by atoms with E-state index in [0.717, 1.165) is 38.8 Å². The number of nitrogens with zero attached hydrogens (tertiary/aromatic N) is 2. The highest BCUT2D eigenvalue weighted by molar-refractivity contribution is 5.73. The van der Waals surface area contributed by atoms with E-state index in [1.807, 2.05) is 11.0 Å². The summed E-state index contributed by atoms with van der Waals surface area (Å²) in [4.78, 5) is 15.5. The lowest BCUT2D eigenvalue weighted by Gasteiger charge is -2.36. The third-order valence-electron chi connectivity index (χ3n) is 5.36. The summed E-state index contributed by atoms with van der Waals surface area (Å²) in [6, 6.07) is 1.17. The van der Waals surface area contributed by atoms with Gasteiger partial charge in [0.15, 0.2) is 11.6 Å². The lowest BCUT2D eigenvalue weighted by atomic mass is 9.80. The van der Waals surface area contributed by atoms with Gasteiger partial charge in [-0.3, -0.25) is 9.69 Å². The van der Waals surface area contributed by atoms with Crippen molar-refractivity contribution in [3.8, 4) is 0 Å². The van der Waals surface area contributed by atoms with Crippen molar-refractivity contribution in [1.29, 1.82) is 0 Å². The first-order valence-electron chi connectivity index (χ1n) is 8.91. The number of nitrogens with two attached hydrogens (primary N) is 1. The van der Waals surface area contributed by atoms with Crippen LogP contribution in [-0.2, 0) is 4.79 Å². The Morgan fingerprint density at radius 3 is 2.38 bits per heavy atom. The Labute approximate surface area is 151 Å². The van der Waals surface area contributed by atoms with Crippen molar-refractivity contribution in [2.24, 2.45) is 5.73 Å². The monoisotopic (exact) mass is 367 g/mol. The molecule has 2 N–H and O–H groups in total.